The molecule has 10 heavy (non-hydrogen) atoms. The van der Waals surface area contributed by atoms with Crippen LogP contribution in [0, 0.1) is 9.56 Å². The lowest BCUT2D eigenvalue weighted by Gasteiger charge is -2.15. The molecule has 1 heterocycles. The second-order valence-electron chi connectivity index (χ2n) is 2.06. The summed E-state index contributed by atoms with van der Waals surface area (Å²) in [5.74, 6) is 0.200. The molecule has 0 spiro atoms. The molecular weight excluding hydrogens is 176 g/mol. The van der Waals surface area contributed by atoms with Crippen LogP contribution in [-0.2, 0) is 23.6 Å². The second kappa shape index (κ2) is 2.18. The molecule has 1 saturated heterocycles. The zero-order valence-electron chi connectivity index (χ0n) is 5.16. The van der Waals surface area contributed by atoms with E-state index in [1.165, 1.54) is 0 Å². The number of nitrogens with one attached hydrogen (secondary N) is 2. The first-order chi connectivity index (χ1) is 4.41. The van der Waals surface area contributed by atoms with Gasteiger partial charge in [0.05, 0.1) is 11.5 Å². The van der Waals surface area contributed by atoms with Crippen molar-refractivity contribution in [1.82, 2.24) is 0 Å². The normalized spacial score (nSPS) is 48.8. The summed E-state index contributed by atoms with van der Waals surface area (Å²) in [6, 6.07) is 0. The van der Waals surface area contributed by atoms with Crippen molar-refractivity contribution < 1.29 is 12.0 Å². The number of hydrogen-bond donors (Lipinski definition) is 2. The van der Waals surface area contributed by atoms with Gasteiger partial charge in [0, 0.05) is 0 Å². The molecule has 0 radical (unpaired) electrons. The van der Waals surface area contributed by atoms with Gasteiger partial charge in [-0.15, -0.1) is 0 Å². The van der Waals surface area contributed by atoms with Crippen LogP contribution in [0.2, 0.25) is 0 Å². The molecule has 1 fully saturated rings. The van der Waals surface area contributed by atoms with Crippen molar-refractivity contribution in [2.45, 2.75) is 6.42 Å². The third-order valence-corrected chi connectivity index (χ3v) is 4.46. The van der Waals surface area contributed by atoms with E-state index in [0.717, 1.165) is 0 Å². The Morgan fingerprint density at radius 1 is 1.10 bits per heavy atom. The molecule has 60 valence electrons. The minimum absolute atomic E-state index is 0.100. The first-order valence-electron chi connectivity index (χ1n) is 2.65. The van der Waals surface area contributed by atoms with Crippen molar-refractivity contribution in [3.8, 4) is 0 Å². The summed E-state index contributed by atoms with van der Waals surface area (Å²) in [6.07, 6.45) is 0.380. The van der Waals surface area contributed by atoms with Gasteiger partial charge < -0.3 is 0 Å². The van der Waals surface area contributed by atoms with Crippen LogP contribution >= 0.6 is 0 Å². The zero-order valence-corrected chi connectivity index (χ0v) is 6.80. The van der Waals surface area contributed by atoms with Crippen LogP contribution in [0.5, 0.6) is 0 Å². The van der Waals surface area contributed by atoms with E-state index in [-0.39, 0.29) is 11.5 Å². The summed E-state index contributed by atoms with van der Waals surface area (Å²) < 4.78 is 39.6. The lowest BCUT2D eigenvalue weighted by molar-refractivity contribution is 0.531. The lowest BCUT2D eigenvalue weighted by atomic mass is 10.6. The predicted octanol–water partition coefficient (Wildman–Crippen LogP) is 0.330. The summed E-state index contributed by atoms with van der Waals surface area (Å²) in [6.45, 7) is 0. The van der Waals surface area contributed by atoms with Crippen molar-refractivity contribution in [2.75, 3.05) is 11.5 Å². The molecule has 0 aromatic carbocycles. The molecule has 0 bridgehead atoms. The monoisotopic (exact) mass is 184 g/mol. The molecule has 0 unspecified atom stereocenters. The largest absolute Gasteiger partial charge is 0.229 e. The van der Waals surface area contributed by atoms with Crippen LogP contribution in [0.15, 0.2) is 0 Å². The molecule has 1 aliphatic rings. The van der Waals surface area contributed by atoms with E-state index >= 15 is 0 Å². The van der Waals surface area contributed by atoms with Crippen LogP contribution < -0.4 is 0 Å². The fraction of sp³-hybridized carbons (Fsp3) is 1.00. The van der Waals surface area contributed by atoms with Crippen LogP contribution in [-0.4, -0.2) is 19.9 Å². The van der Waals surface area contributed by atoms with Gasteiger partial charge in [0.2, 0.25) is 0 Å². The number of rotatable bonds is 0. The molecule has 0 amide bonds. The topological polar surface area (TPSA) is 91.1 Å². The summed E-state index contributed by atoms with van der Waals surface area (Å²) in [4.78, 5) is 0. The van der Waals surface area contributed by atoms with E-state index in [1.807, 2.05) is 0 Å². The van der Waals surface area contributed by atoms with E-state index in [4.69, 9.17) is 9.56 Å². The maximum Gasteiger partial charge on any atom is 0.174 e. The molecule has 7 heteroatoms. The minimum atomic E-state index is -3.15. The van der Waals surface area contributed by atoms with Gasteiger partial charge >= 0.3 is 0 Å². The van der Waals surface area contributed by atoms with E-state index in [9.17, 15) is 8.42 Å². The van der Waals surface area contributed by atoms with Crippen LogP contribution in [0.3, 0.4) is 0 Å². The van der Waals surface area contributed by atoms with Gasteiger partial charge in [-0.25, -0.2) is 18.0 Å². The van der Waals surface area contributed by atoms with E-state index in [0.29, 0.717) is 6.42 Å². The Morgan fingerprint density at radius 2 is 1.50 bits per heavy atom. The molecule has 1 rings (SSSR count). The van der Waals surface area contributed by atoms with Crippen molar-refractivity contribution in [3.63, 3.8) is 0 Å². The average molecular weight is 184 g/mol. The average Bonchev–Trinajstić information content (AvgIpc) is 1.56. The van der Waals surface area contributed by atoms with Crippen molar-refractivity contribution >= 4 is 20.0 Å². The molecule has 0 aromatic rings. The fourth-order valence-corrected chi connectivity index (χ4v) is 3.88. The van der Waals surface area contributed by atoms with Gasteiger partial charge in [-0.3, -0.25) is 0 Å². The Bertz CT molecular complexity index is 282. The summed E-state index contributed by atoms with van der Waals surface area (Å²) >= 11 is 0. The lowest BCUT2D eigenvalue weighted by Crippen LogP contribution is -2.24. The Morgan fingerprint density at radius 3 is 1.70 bits per heavy atom. The second-order valence-corrected chi connectivity index (χ2v) is 5.88. The predicted molar refractivity (Wildman–Crippen MR) is 37.2 cm³/mol. The minimum Gasteiger partial charge on any atom is -0.229 e. The standard InChI is InChI=1S/C3H8N2O3S2/c4-9(6)2-1-3-10(5,7)8-9/h4-5H,1-3H2. The fourth-order valence-electron chi connectivity index (χ4n) is 0.685. The SMILES string of the molecule is N=S1(=O)CCCS(=N)(=O)O1. The highest BCUT2D eigenvalue weighted by Crippen LogP contribution is 2.13. The van der Waals surface area contributed by atoms with Crippen LogP contribution in [0.4, 0.5) is 0 Å². The highest BCUT2D eigenvalue weighted by Gasteiger charge is 2.22. The van der Waals surface area contributed by atoms with Crippen LogP contribution in [0.25, 0.3) is 0 Å². The number of hydrogen-bond acceptors (Lipinski definition) is 5. The third-order valence-electron chi connectivity index (χ3n) is 1.05. The zero-order chi connectivity index (χ0) is 7.83. The third kappa shape index (κ3) is 1.93. The van der Waals surface area contributed by atoms with Crippen molar-refractivity contribution in [1.29, 1.82) is 9.56 Å². The summed E-state index contributed by atoms with van der Waals surface area (Å²) in [5, 5.41) is 0. The molecule has 0 aromatic heterocycles. The van der Waals surface area contributed by atoms with E-state index < -0.39 is 20.0 Å². The van der Waals surface area contributed by atoms with Crippen molar-refractivity contribution in [2.24, 2.45) is 0 Å². The molecular formula is C3H8N2O3S2. The maximum absolute atomic E-state index is 10.8. The van der Waals surface area contributed by atoms with Gasteiger partial charge in [0.1, 0.15) is 0 Å². The molecule has 0 atom stereocenters. The summed E-state index contributed by atoms with van der Waals surface area (Å²) in [7, 11) is -6.31. The Kier molecular flexibility index (Phi) is 1.73. The summed E-state index contributed by atoms with van der Waals surface area (Å²) in [5.41, 5.74) is 0. The van der Waals surface area contributed by atoms with Gasteiger partial charge in [-0.05, 0) is 6.42 Å². The maximum atomic E-state index is 10.8. The first kappa shape index (κ1) is 7.96. The van der Waals surface area contributed by atoms with Crippen molar-refractivity contribution in [3.05, 3.63) is 0 Å². The van der Waals surface area contributed by atoms with E-state index in [1.54, 1.807) is 0 Å². The first-order valence-corrected chi connectivity index (χ1v) is 5.96. The van der Waals surface area contributed by atoms with Gasteiger partial charge in [-0.1, -0.05) is 0 Å². The molecule has 0 aliphatic carbocycles. The smallest absolute Gasteiger partial charge is 0.174 e. The molecule has 5 nitrogen and oxygen atoms in total. The van der Waals surface area contributed by atoms with Gasteiger partial charge in [0.25, 0.3) is 0 Å². The molecule has 1 aliphatic heterocycles. The highest BCUT2D eigenvalue weighted by molar-refractivity contribution is 8.01. The quantitative estimate of drug-likeness (QED) is 0.568. The Balaban J connectivity index is 2.97. The Labute approximate surface area is 60.1 Å². The molecule has 2 N–H and O–H groups in total. The van der Waals surface area contributed by atoms with Gasteiger partial charge in [0.15, 0.2) is 20.0 Å². The van der Waals surface area contributed by atoms with Gasteiger partial charge in [-0.2, -0.15) is 3.63 Å². The highest BCUT2D eigenvalue weighted by atomic mass is 32.3. The van der Waals surface area contributed by atoms with Crippen LogP contribution in [0.1, 0.15) is 6.42 Å². The Hall–Kier alpha value is -0.140. The molecule has 0 saturated carbocycles. The van der Waals surface area contributed by atoms with E-state index in [2.05, 4.69) is 3.63 Å².